The number of piperazine rings is 1. The summed E-state index contributed by atoms with van der Waals surface area (Å²) < 4.78 is 0. The van der Waals surface area contributed by atoms with Crippen molar-refractivity contribution in [3.05, 3.63) is 65.2 Å². The fourth-order valence-electron chi connectivity index (χ4n) is 4.09. The van der Waals surface area contributed by atoms with Gasteiger partial charge in [0.25, 0.3) is 5.91 Å². The quantitative estimate of drug-likeness (QED) is 0.833. The topological polar surface area (TPSA) is 52.7 Å². The van der Waals surface area contributed by atoms with E-state index in [1.54, 1.807) is 4.90 Å². The minimum absolute atomic E-state index is 0. The number of aryl methyl sites for hydroxylation is 1. The Labute approximate surface area is 178 Å². The number of rotatable bonds is 4. The Balaban J connectivity index is 0.00000240. The highest BCUT2D eigenvalue weighted by atomic mass is 35.5. The summed E-state index contributed by atoms with van der Waals surface area (Å²) >= 11 is 0. The maximum absolute atomic E-state index is 13.2. The molecular weight excluding hydrogens is 386 g/mol. The smallest absolute Gasteiger partial charge is 0.254 e. The molecule has 1 atom stereocenters. The predicted molar refractivity (Wildman–Crippen MR) is 118 cm³/mol. The molecule has 2 heterocycles. The maximum Gasteiger partial charge on any atom is 0.254 e. The summed E-state index contributed by atoms with van der Waals surface area (Å²) in [4.78, 5) is 28.9. The fraction of sp³-hybridized carbons (Fsp3) is 0.391. The van der Waals surface area contributed by atoms with Crippen molar-refractivity contribution in [3.63, 3.8) is 0 Å². The fourth-order valence-corrected chi connectivity index (χ4v) is 4.09. The zero-order valence-electron chi connectivity index (χ0n) is 16.8. The van der Waals surface area contributed by atoms with E-state index in [4.69, 9.17) is 0 Å². The van der Waals surface area contributed by atoms with E-state index in [9.17, 15) is 9.59 Å². The van der Waals surface area contributed by atoms with Crippen molar-refractivity contribution < 1.29 is 9.59 Å². The summed E-state index contributed by atoms with van der Waals surface area (Å²) in [7, 11) is 0. The summed E-state index contributed by atoms with van der Waals surface area (Å²) in [6, 6.07) is 16.1. The summed E-state index contributed by atoms with van der Waals surface area (Å²) in [5.41, 5.74) is 4.02. The molecule has 0 spiro atoms. The first-order valence-corrected chi connectivity index (χ1v) is 10.2. The molecule has 1 unspecified atom stereocenters. The van der Waals surface area contributed by atoms with E-state index in [-0.39, 0.29) is 30.3 Å². The molecule has 2 fully saturated rings. The highest BCUT2D eigenvalue weighted by Gasteiger charge is 2.29. The third kappa shape index (κ3) is 4.46. The van der Waals surface area contributed by atoms with Gasteiger partial charge in [-0.3, -0.25) is 9.59 Å². The number of nitrogens with one attached hydrogen (secondary N) is 1. The second-order valence-electron chi connectivity index (χ2n) is 7.51. The molecule has 0 bridgehead atoms. The van der Waals surface area contributed by atoms with Gasteiger partial charge in [0.15, 0.2) is 0 Å². The molecule has 4 rings (SSSR count). The SMILES string of the molecule is CCc1ccc(C2CNCCN2C(=O)c2ccc(N3CCCC3=O)cc2)cc1.Cl. The number of anilines is 1. The zero-order valence-corrected chi connectivity index (χ0v) is 17.6. The average molecular weight is 414 g/mol. The first kappa shape index (κ1) is 21.3. The van der Waals surface area contributed by atoms with Crippen LogP contribution in [0.25, 0.3) is 0 Å². The molecule has 0 radical (unpaired) electrons. The van der Waals surface area contributed by atoms with E-state index in [1.165, 1.54) is 5.56 Å². The summed E-state index contributed by atoms with van der Waals surface area (Å²) in [5.74, 6) is 0.210. The van der Waals surface area contributed by atoms with Gasteiger partial charge in [-0.25, -0.2) is 0 Å². The molecule has 0 aliphatic carbocycles. The third-order valence-corrected chi connectivity index (χ3v) is 5.78. The zero-order chi connectivity index (χ0) is 19.5. The van der Waals surface area contributed by atoms with Gasteiger partial charge in [0.05, 0.1) is 6.04 Å². The van der Waals surface area contributed by atoms with E-state index < -0.39 is 0 Å². The lowest BCUT2D eigenvalue weighted by atomic mass is 10.00. The first-order valence-electron chi connectivity index (χ1n) is 10.2. The van der Waals surface area contributed by atoms with Gasteiger partial charge in [0.2, 0.25) is 5.91 Å². The van der Waals surface area contributed by atoms with E-state index in [1.807, 2.05) is 29.2 Å². The van der Waals surface area contributed by atoms with Crippen LogP contribution in [-0.4, -0.2) is 42.9 Å². The minimum atomic E-state index is 0. The summed E-state index contributed by atoms with van der Waals surface area (Å²) in [6.45, 7) is 5.16. The molecule has 154 valence electrons. The van der Waals surface area contributed by atoms with Gasteiger partial charge in [0.1, 0.15) is 0 Å². The Bertz CT molecular complexity index is 851. The molecule has 2 aliphatic rings. The lowest BCUT2D eigenvalue weighted by Gasteiger charge is -2.36. The highest BCUT2D eigenvalue weighted by Crippen LogP contribution is 2.26. The highest BCUT2D eigenvalue weighted by molar-refractivity contribution is 5.97. The number of benzene rings is 2. The standard InChI is InChI=1S/C23H27N3O2.ClH/c1-2-17-5-7-18(8-6-17)21-16-24-13-15-26(21)23(28)19-9-11-20(12-10-19)25-14-3-4-22(25)27;/h5-12,21,24H,2-4,13-16H2,1H3;1H. The van der Waals surface area contributed by atoms with Gasteiger partial charge >= 0.3 is 0 Å². The van der Waals surface area contributed by atoms with E-state index in [2.05, 4.69) is 36.5 Å². The van der Waals surface area contributed by atoms with Crippen molar-refractivity contribution in [1.29, 1.82) is 0 Å². The number of amides is 2. The Morgan fingerprint density at radius 1 is 1.07 bits per heavy atom. The van der Waals surface area contributed by atoms with Gasteiger partial charge in [-0.2, -0.15) is 0 Å². The molecule has 5 nitrogen and oxygen atoms in total. The van der Waals surface area contributed by atoms with Crippen LogP contribution in [0.15, 0.2) is 48.5 Å². The van der Waals surface area contributed by atoms with Gasteiger partial charge in [-0.05, 0) is 48.2 Å². The Kier molecular flexibility index (Phi) is 6.93. The number of carbonyl (C=O) groups is 2. The molecule has 2 amide bonds. The normalized spacial score (nSPS) is 19.2. The van der Waals surface area contributed by atoms with E-state index in [0.717, 1.165) is 43.7 Å². The second kappa shape index (κ2) is 9.42. The molecule has 2 aliphatic heterocycles. The van der Waals surface area contributed by atoms with Crippen LogP contribution in [-0.2, 0) is 11.2 Å². The molecule has 1 N–H and O–H groups in total. The summed E-state index contributed by atoms with van der Waals surface area (Å²) in [6.07, 6.45) is 2.52. The van der Waals surface area contributed by atoms with Crippen molar-refractivity contribution >= 4 is 29.9 Å². The number of carbonyl (C=O) groups excluding carboxylic acids is 2. The maximum atomic E-state index is 13.2. The number of nitrogens with zero attached hydrogens (tertiary/aromatic N) is 2. The van der Waals surface area contributed by atoms with Crippen LogP contribution >= 0.6 is 12.4 Å². The second-order valence-corrected chi connectivity index (χ2v) is 7.51. The van der Waals surface area contributed by atoms with Crippen LogP contribution in [0.4, 0.5) is 5.69 Å². The van der Waals surface area contributed by atoms with Crippen molar-refractivity contribution in [1.82, 2.24) is 10.2 Å². The van der Waals surface area contributed by atoms with Crippen LogP contribution in [0, 0.1) is 0 Å². The van der Waals surface area contributed by atoms with Crippen LogP contribution in [0.3, 0.4) is 0 Å². The number of hydrogen-bond donors (Lipinski definition) is 1. The van der Waals surface area contributed by atoms with Gasteiger partial charge in [-0.15, -0.1) is 12.4 Å². The van der Waals surface area contributed by atoms with Crippen LogP contribution in [0.5, 0.6) is 0 Å². The van der Waals surface area contributed by atoms with Crippen molar-refractivity contribution in [3.8, 4) is 0 Å². The minimum Gasteiger partial charge on any atom is -0.329 e. The van der Waals surface area contributed by atoms with E-state index >= 15 is 0 Å². The molecular formula is C23H28ClN3O2. The van der Waals surface area contributed by atoms with Crippen LogP contribution < -0.4 is 10.2 Å². The first-order chi connectivity index (χ1) is 13.7. The van der Waals surface area contributed by atoms with Gasteiger partial charge in [-0.1, -0.05) is 31.2 Å². The molecule has 2 aromatic rings. The molecule has 0 aromatic heterocycles. The van der Waals surface area contributed by atoms with Crippen LogP contribution in [0.2, 0.25) is 0 Å². The lowest BCUT2D eigenvalue weighted by Crippen LogP contribution is -2.48. The lowest BCUT2D eigenvalue weighted by molar-refractivity contribution is -0.117. The van der Waals surface area contributed by atoms with Gasteiger partial charge < -0.3 is 15.1 Å². The average Bonchev–Trinajstić information content (AvgIpc) is 3.19. The third-order valence-electron chi connectivity index (χ3n) is 5.78. The molecule has 2 saturated heterocycles. The predicted octanol–water partition coefficient (Wildman–Crippen LogP) is 3.58. The molecule has 2 aromatic carbocycles. The Morgan fingerprint density at radius 2 is 1.79 bits per heavy atom. The van der Waals surface area contributed by atoms with Crippen molar-refractivity contribution in [2.24, 2.45) is 0 Å². The van der Waals surface area contributed by atoms with E-state index in [0.29, 0.717) is 18.5 Å². The van der Waals surface area contributed by atoms with Crippen LogP contribution in [0.1, 0.15) is 47.3 Å². The Hall–Kier alpha value is -2.37. The molecule has 0 saturated carbocycles. The number of halogens is 1. The summed E-state index contributed by atoms with van der Waals surface area (Å²) in [5, 5.41) is 3.41. The number of hydrogen-bond acceptors (Lipinski definition) is 3. The van der Waals surface area contributed by atoms with Crippen molar-refractivity contribution in [2.45, 2.75) is 32.2 Å². The molecule has 6 heteroatoms. The monoisotopic (exact) mass is 413 g/mol. The van der Waals surface area contributed by atoms with Gasteiger partial charge in [0, 0.05) is 43.9 Å². The van der Waals surface area contributed by atoms with Crippen molar-refractivity contribution in [2.75, 3.05) is 31.1 Å². The molecule has 29 heavy (non-hydrogen) atoms. The Morgan fingerprint density at radius 3 is 2.41 bits per heavy atom. The largest absolute Gasteiger partial charge is 0.329 e.